The standard InChI is InChI=1S/C19H13F4N3O2/c1-10(19(28)24-15-7-6-13(21)17(22)18(15)23)26-16(27)9-8-14(25-26)11-2-4-12(20)5-3-11/h2-10H,1H3,(H,24,28). The molecule has 0 fully saturated rings. The van der Waals surface area contributed by atoms with Crippen molar-refractivity contribution in [3.63, 3.8) is 0 Å². The third kappa shape index (κ3) is 3.78. The van der Waals surface area contributed by atoms with Gasteiger partial charge in [-0.2, -0.15) is 5.10 Å². The Labute approximate surface area is 156 Å². The molecule has 144 valence electrons. The highest BCUT2D eigenvalue weighted by atomic mass is 19.2. The minimum atomic E-state index is -1.72. The first-order chi connectivity index (χ1) is 13.3. The van der Waals surface area contributed by atoms with Gasteiger partial charge < -0.3 is 5.32 Å². The second-order valence-corrected chi connectivity index (χ2v) is 5.90. The molecule has 5 nitrogen and oxygen atoms in total. The van der Waals surface area contributed by atoms with Gasteiger partial charge in [0.15, 0.2) is 17.5 Å². The van der Waals surface area contributed by atoms with Crippen molar-refractivity contribution in [3.8, 4) is 11.3 Å². The smallest absolute Gasteiger partial charge is 0.267 e. The van der Waals surface area contributed by atoms with Gasteiger partial charge in [0.25, 0.3) is 5.56 Å². The van der Waals surface area contributed by atoms with Crippen LogP contribution in [0.15, 0.2) is 53.3 Å². The fraction of sp³-hybridized carbons (Fsp3) is 0.105. The summed E-state index contributed by atoms with van der Waals surface area (Å²) in [5.41, 5.74) is -0.370. The van der Waals surface area contributed by atoms with E-state index < -0.39 is 46.5 Å². The van der Waals surface area contributed by atoms with Gasteiger partial charge in [-0.25, -0.2) is 22.2 Å². The monoisotopic (exact) mass is 391 g/mol. The number of carbonyl (C=O) groups excluding carboxylic acids is 1. The number of hydrogen-bond acceptors (Lipinski definition) is 3. The number of aromatic nitrogens is 2. The maximum absolute atomic E-state index is 13.7. The van der Waals surface area contributed by atoms with E-state index in [9.17, 15) is 27.2 Å². The second kappa shape index (κ2) is 7.63. The highest BCUT2D eigenvalue weighted by Gasteiger charge is 2.21. The van der Waals surface area contributed by atoms with Crippen LogP contribution >= 0.6 is 0 Å². The Hall–Kier alpha value is -3.49. The molecule has 1 unspecified atom stereocenters. The molecule has 28 heavy (non-hydrogen) atoms. The number of hydrogen-bond donors (Lipinski definition) is 1. The second-order valence-electron chi connectivity index (χ2n) is 5.90. The summed E-state index contributed by atoms with van der Waals surface area (Å²) in [6.07, 6.45) is 0. The summed E-state index contributed by atoms with van der Waals surface area (Å²) < 4.78 is 54.0. The summed E-state index contributed by atoms with van der Waals surface area (Å²) in [6, 6.07) is 8.26. The van der Waals surface area contributed by atoms with Gasteiger partial charge in [-0.05, 0) is 49.4 Å². The van der Waals surface area contributed by atoms with Crippen LogP contribution in [0, 0.1) is 23.3 Å². The molecular weight excluding hydrogens is 378 g/mol. The molecule has 0 saturated carbocycles. The number of anilines is 1. The van der Waals surface area contributed by atoms with Crippen molar-refractivity contribution >= 4 is 11.6 Å². The van der Waals surface area contributed by atoms with E-state index in [2.05, 4.69) is 10.4 Å². The first kappa shape index (κ1) is 19.3. The SMILES string of the molecule is CC(C(=O)Nc1ccc(F)c(F)c1F)n1nc(-c2ccc(F)cc2)ccc1=O. The number of amides is 1. The zero-order valence-electron chi connectivity index (χ0n) is 14.4. The van der Waals surface area contributed by atoms with Crippen LogP contribution in [0.2, 0.25) is 0 Å². The van der Waals surface area contributed by atoms with Gasteiger partial charge in [0, 0.05) is 11.6 Å². The Morgan fingerprint density at radius 2 is 1.64 bits per heavy atom. The zero-order valence-corrected chi connectivity index (χ0v) is 14.4. The first-order valence-electron chi connectivity index (χ1n) is 8.08. The van der Waals surface area contributed by atoms with E-state index in [-0.39, 0.29) is 0 Å². The number of nitrogens with zero attached hydrogens (tertiary/aromatic N) is 2. The molecule has 1 atom stereocenters. The van der Waals surface area contributed by atoms with Crippen LogP contribution in [0.1, 0.15) is 13.0 Å². The first-order valence-corrected chi connectivity index (χ1v) is 8.08. The molecule has 3 aromatic rings. The van der Waals surface area contributed by atoms with Gasteiger partial charge in [-0.1, -0.05) is 0 Å². The fourth-order valence-electron chi connectivity index (χ4n) is 2.45. The summed E-state index contributed by atoms with van der Waals surface area (Å²) in [5.74, 6) is -5.98. The van der Waals surface area contributed by atoms with Crippen LogP contribution in [-0.2, 0) is 4.79 Å². The molecule has 0 spiro atoms. The van der Waals surface area contributed by atoms with Crippen molar-refractivity contribution in [2.45, 2.75) is 13.0 Å². The van der Waals surface area contributed by atoms with Crippen molar-refractivity contribution < 1.29 is 22.4 Å². The van der Waals surface area contributed by atoms with E-state index in [0.717, 1.165) is 10.7 Å². The van der Waals surface area contributed by atoms with Gasteiger partial charge in [-0.3, -0.25) is 9.59 Å². The number of carbonyl (C=O) groups is 1. The summed E-state index contributed by atoms with van der Waals surface area (Å²) in [4.78, 5) is 24.5. The normalized spacial score (nSPS) is 11.9. The van der Waals surface area contributed by atoms with E-state index in [0.29, 0.717) is 17.3 Å². The van der Waals surface area contributed by atoms with Crippen molar-refractivity contribution in [3.05, 3.63) is 82.2 Å². The molecule has 0 saturated heterocycles. The highest BCUT2D eigenvalue weighted by Crippen LogP contribution is 2.21. The van der Waals surface area contributed by atoms with Crippen LogP contribution in [-0.4, -0.2) is 15.7 Å². The predicted octanol–water partition coefficient (Wildman–Crippen LogP) is 3.67. The molecule has 1 N–H and O–H groups in total. The molecule has 1 aromatic heterocycles. The van der Waals surface area contributed by atoms with E-state index in [4.69, 9.17) is 0 Å². The van der Waals surface area contributed by atoms with Crippen LogP contribution < -0.4 is 10.9 Å². The maximum Gasteiger partial charge on any atom is 0.267 e. The molecule has 1 amide bonds. The summed E-state index contributed by atoms with van der Waals surface area (Å²) in [7, 11) is 0. The summed E-state index contributed by atoms with van der Waals surface area (Å²) in [5, 5.41) is 6.18. The molecule has 9 heteroatoms. The Balaban J connectivity index is 1.89. The summed E-state index contributed by atoms with van der Waals surface area (Å²) >= 11 is 0. The van der Waals surface area contributed by atoms with E-state index >= 15 is 0 Å². The van der Waals surface area contributed by atoms with E-state index in [1.807, 2.05) is 0 Å². The predicted molar refractivity (Wildman–Crippen MR) is 93.5 cm³/mol. The number of benzene rings is 2. The van der Waals surface area contributed by atoms with Gasteiger partial charge in [0.2, 0.25) is 5.91 Å². The minimum absolute atomic E-state index is 0.304. The average molecular weight is 391 g/mol. The third-order valence-corrected chi connectivity index (χ3v) is 4.00. The minimum Gasteiger partial charge on any atom is -0.322 e. The van der Waals surface area contributed by atoms with E-state index in [1.165, 1.54) is 43.3 Å². The zero-order chi connectivity index (χ0) is 20.4. The lowest BCUT2D eigenvalue weighted by molar-refractivity contribution is -0.119. The van der Waals surface area contributed by atoms with Crippen LogP contribution in [0.25, 0.3) is 11.3 Å². The summed E-state index contributed by atoms with van der Waals surface area (Å²) in [6.45, 7) is 1.33. The largest absolute Gasteiger partial charge is 0.322 e. The van der Waals surface area contributed by atoms with Gasteiger partial charge in [0.1, 0.15) is 11.9 Å². The molecule has 3 rings (SSSR count). The van der Waals surface area contributed by atoms with E-state index in [1.54, 1.807) is 0 Å². The maximum atomic E-state index is 13.7. The molecular formula is C19H13F4N3O2. The van der Waals surface area contributed by atoms with Crippen molar-refractivity contribution in [2.24, 2.45) is 0 Å². The highest BCUT2D eigenvalue weighted by molar-refractivity contribution is 5.93. The lowest BCUT2D eigenvalue weighted by Crippen LogP contribution is -2.33. The Bertz CT molecular complexity index is 1100. The molecule has 0 bridgehead atoms. The Morgan fingerprint density at radius 1 is 0.964 bits per heavy atom. The van der Waals surface area contributed by atoms with Crippen molar-refractivity contribution in [1.29, 1.82) is 0 Å². The molecule has 0 radical (unpaired) electrons. The van der Waals surface area contributed by atoms with Gasteiger partial charge in [0.05, 0.1) is 11.4 Å². The number of nitrogens with one attached hydrogen (secondary N) is 1. The molecule has 0 aliphatic heterocycles. The quantitative estimate of drug-likeness (QED) is 0.545. The molecule has 1 heterocycles. The number of rotatable bonds is 4. The lowest BCUT2D eigenvalue weighted by atomic mass is 10.1. The topological polar surface area (TPSA) is 64.0 Å². The van der Waals surface area contributed by atoms with Gasteiger partial charge in [-0.15, -0.1) is 0 Å². The third-order valence-electron chi connectivity index (χ3n) is 4.00. The van der Waals surface area contributed by atoms with Crippen LogP contribution in [0.4, 0.5) is 23.2 Å². The average Bonchev–Trinajstić information content (AvgIpc) is 2.69. The fourth-order valence-corrected chi connectivity index (χ4v) is 2.45. The van der Waals surface area contributed by atoms with Crippen molar-refractivity contribution in [1.82, 2.24) is 9.78 Å². The Kier molecular flexibility index (Phi) is 5.25. The Morgan fingerprint density at radius 3 is 2.32 bits per heavy atom. The van der Waals surface area contributed by atoms with Crippen molar-refractivity contribution in [2.75, 3.05) is 5.32 Å². The molecule has 0 aliphatic rings. The molecule has 0 aliphatic carbocycles. The van der Waals surface area contributed by atoms with Crippen LogP contribution in [0.3, 0.4) is 0 Å². The lowest BCUT2D eigenvalue weighted by Gasteiger charge is -2.15. The number of halogens is 4. The van der Waals surface area contributed by atoms with Crippen LogP contribution in [0.5, 0.6) is 0 Å². The molecule has 2 aromatic carbocycles. The van der Waals surface area contributed by atoms with Gasteiger partial charge >= 0.3 is 0 Å².